The Labute approximate surface area is 629 Å². The van der Waals surface area contributed by atoms with Gasteiger partial charge in [-0.25, -0.2) is 44.3 Å². The van der Waals surface area contributed by atoms with Gasteiger partial charge in [0.25, 0.3) is 29.5 Å². The van der Waals surface area contributed by atoms with Gasteiger partial charge in [0.1, 0.15) is 79.0 Å². The molecular formula is C75H60Cl5FN20O5. The number of benzene rings is 2. The van der Waals surface area contributed by atoms with Crippen molar-refractivity contribution in [2.24, 2.45) is 0 Å². The predicted molar refractivity (Wildman–Crippen MR) is 405 cm³/mol. The summed E-state index contributed by atoms with van der Waals surface area (Å²) in [5.41, 5.74) is 12.3. The summed E-state index contributed by atoms with van der Waals surface area (Å²) in [5.74, 6) is -1.41. The maximum atomic E-state index is 13.8. The van der Waals surface area contributed by atoms with Gasteiger partial charge in [0.2, 0.25) is 0 Å². The van der Waals surface area contributed by atoms with Gasteiger partial charge in [-0.1, -0.05) is 107 Å². The Balaban J connectivity index is 0.000000132. The third kappa shape index (κ3) is 21.5. The van der Waals surface area contributed by atoms with Gasteiger partial charge < -0.3 is 51.1 Å². The van der Waals surface area contributed by atoms with Crippen LogP contribution in [0.4, 0.5) is 21.5 Å². The highest BCUT2D eigenvalue weighted by atomic mass is 35.5. The quantitative estimate of drug-likeness (QED) is 0.0340. The van der Waals surface area contributed by atoms with Crippen molar-refractivity contribution in [3.8, 4) is 56.0 Å². The number of carbonyl (C=O) groups excluding carboxylic acids is 5. The van der Waals surface area contributed by atoms with Crippen LogP contribution in [0.1, 0.15) is 77.3 Å². The normalized spacial score (nSPS) is 11.3. The SMILES string of the molecule is O=C(NCc1ccccc1)c1cc(-c2cc(Cl)ncn2)c[nH]1.O=C(Nc1ccccc1)c1cc(-c2cc(Cl)ncn2)c[nH]1.O=C(Nc1cccnc1)c1cc(-c2cc(Cl)ncc2F)c[nH]1.O=C(Nc1ccncc1)c1cc(-c2ccnc(Cl)c2)c[nH]1.O=C(c1cc(-c2cc(Cl)ncn2)c[nH]1)N1CCCCC1. The first kappa shape index (κ1) is 74.6. The van der Waals surface area contributed by atoms with Gasteiger partial charge >= 0.3 is 0 Å². The molecule has 12 aromatic heterocycles. The molecular weight excluding hydrogens is 1460 g/mol. The van der Waals surface area contributed by atoms with Gasteiger partial charge in [-0.05, 0) is 115 Å². The second kappa shape index (κ2) is 37.0. The molecule has 0 radical (unpaired) electrons. The lowest BCUT2D eigenvalue weighted by atomic mass is 10.1. The van der Waals surface area contributed by atoms with Gasteiger partial charge in [0.15, 0.2) is 0 Å². The first-order valence-corrected chi connectivity index (χ1v) is 34.1. The molecule has 0 atom stereocenters. The van der Waals surface area contributed by atoms with E-state index in [0.717, 1.165) is 71.2 Å². The largest absolute Gasteiger partial charge is 0.357 e. The zero-order valence-electron chi connectivity index (χ0n) is 55.5. The molecule has 1 aliphatic rings. The number of aromatic amines is 5. The van der Waals surface area contributed by atoms with Crippen LogP contribution in [0.2, 0.25) is 25.8 Å². The lowest BCUT2D eigenvalue weighted by molar-refractivity contribution is 0.0718. The van der Waals surface area contributed by atoms with E-state index in [1.165, 1.54) is 43.9 Å². The number of nitrogens with zero attached hydrogens (tertiary/aromatic N) is 11. The number of hydrogen-bond acceptors (Lipinski definition) is 15. The maximum absolute atomic E-state index is 13.8. The molecule has 532 valence electrons. The zero-order chi connectivity index (χ0) is 74.2. The van der Waals surface area contributed by atoms with Crippen molar-refractivity contribution in [2.75, 3.05) is 29.0 Å². The molecule has 0 saturated carbocycles. The molecule has 9 N–H and O–H groups in total. The molecule has 25 nitrogen and oxygen atoms in total. The summed E-state index contributed by atoms with van der Waals surface area (Å²) in [7, 11) is 0. The molecule has 1 saturated heterocycles. The minimum absolute atomic E-state index is 0.0519. The molecule has 31 heteroatoms. The van der Waals surface area contributed by atoms with Crippen LogP contribution < -0.4 is 21.3 Å². The van der Waals surface area contributed by atoms with E-state index in [-0.39, 0.29) is 40.3 Å². The molecule has 106 heavy (non-hydrogen) atoms. The topological polar surface area (TPSA) is 345 Å². The summed E-state index contributed by atoms with van der Waals surface area (Å²) in [6, 6.07) is 44.4. The van der Waals surface area contributed by atoms with Crippen molar-refractivity contribution in [1.29, 1.82) is 0 Å². The van der Waals surface area contributed by atoms with Crippen LogP contribution in [0.25, 0.3) is 56.0 Å². The van der Waals surface area contributed by atoms with Gasteiger partial charge in [0, 0.05) is 138 Å². The van der Waals surface area contributed by atoms with Crippen LogP contribution in [0.15, 0.2) is 239 Å². The average Bonchev–Trinajstić information content (AvgIpc) is 1.68. The molecule has 0 bridgehead atoms. The fraction of sp³-hybridized carbons (Fsp3) is 0.0800. The number of piperidine rings is 1. The van der Waals surface area contributed by atoms with E-state index in [1.54, 1.807) is 122 Å². The van der Waals surface area contributed by atoms with Crippen LogP contribution >= 0.6 is 58.0 Å². The number of pyridine rings is 4. The van der Waals surface area contributed by atoms with Gasteiger partial charge in [-0.2, -0.15) is 0 Å². The van der Waals surface area contributed by atoms with Crippen molar-refractivity contribution in [1.82, 2.24) is 85.0 Å². The van der Waals surface area contributed by atoms with E-state index in [4.69, 9.17) is 58.0 Å². The van der Waals surface area contributed by atoms with E-state index in [2.05, 4.69) is 96.0 Å². The van der Waals surface area contributed by atoms with Gasteiger partial charge in [-0.3, -0.25) is 33.9 Å². The van der Waals surface area contributed by atoms with Gasteiger partial charge in [0.05, 0.1) is 35.2 Å². The Morgan fingerprint density at radius 1 is 0.387 bits per heavy atom. The minimum Gasteiger partial charge on any atom is -0.357 e. The Kier molecular flexibility index (Phi) is 26.1. The fourth-order valence-corrected chi connectivity index (χ4v) is 11.0. The number of amides is 5. The lowest BCUT2D eigenvalue weighted by Gasteiger charge is -2.26. The molecule has 15 rings (SSSR count). The number of hydrogen-bond donors (Lipinski definition) is 9. The molecule has 2 aromatic carbocycles. The average molecular weight is 1520 g/mol. The van der Waals surface area contributed by atoms with Crippen molar-refractivity contribution in [3.05, 3.63) is 304 Å². The molecule has 0 aliphatic carbocycles. The monoisotopic (exact) mass is 1510 g/mol. The predicted octanol–water partition coefficient (Wildman–Crippen LogP) is 16.1. The summed E-state index contributed by atoms with van der Waals surface area (Å²) in [5, 5.41) is 12.8. The summed E-state index contributed by atoms with van der Waals surface area (Å²) in [4.78, 5) is 117. The Hall–Kier alpha value is -12.6. The number of likely N-dealkylation sites (tertiary alicyclic amines) is 1. The molecule has 1 fully saturated rings. The highest BCUT2D eigenvalue weighted by Crippen LogP contribution is 2.28. The number of rotatable bonds is 15. The summed E-state index contributed by atoms with van der Waals surface area (Å²) < 4.78 is 13.8. The van der Waals surface area contributed by atoms with Crippen molar-refractivity contribution < 1.29 is 28.4 Å². The van der Waals surface area contributed by atoms with Crippen LogP contribution in [0.3, 0.4) is 0 Å². The number of aromatic nitrogens is 15. The van der Waals surface area contributed by atoms with Crippen LogP contribution in [0.5, 0.6) is 0 Å². The van der Waals surface area contributed by atoms with E-state index in [9.17, 15) is 28.4 Å². The smallest absolute Gasteiger partial charge is 0.272 e. The summed E-state index contributed by atoms with van der Waals surface area (Å²) in [6.45, 7) is 2.16. The number of anilines is 3. The second-order valence-electron chi connectivity index (χ2n) is 22.8. The Morgan fingerprint density at radius 3 is 1.38 bits per heavy atom. The summed E-state index contributed by atoms with van der Waals surface area (Å²) >= 11 is 29.2. The maximum Gasteiger partial charge on any atom is 0.272 e. The number of H-pyrrole nitrogens is 5. The first-order chi connectivity index (χ1) is 51.5. The van der Waals surface area contributed by atoms with Crippen LogP contribution in [0, 0.1) is 5.82 Å². The molecule has 0 spiro atoms. The Morgan fingerprint density at radius 2 is 0.840 bits per heavy atom. The van der Waals surface area contributed by atoms with Crippen LogP contribution in [-0.2, 0) is 6.54 Å². The second-order valence-corrected chi connectivity index (χ2v) is 24.7. The molecule has 1 aliphatic heterocycles. The van der Waals surface area contributed by atoms with Crippen molar-refractivity contribution >= 4 is 105 Å². The fourth-order valence-electron chi connectivity index (χ4n) is 10.2. The molecule has 13 heterocycles. The highest BCUT2D eigenvalue weighted by Gasteiger charge is 2.21. The first-order valence-electron chi connectivity index (χ1n) is 32.2. The van der Waals surface area contributed by atoms with E-state index in [0.29, 0.717) is 89.6 Å². The molecule has 5 amide bonds. The van der Waals surface area contributed by atoms with Gasteiger partial charge in [-0.15, -0.1) is 0 Å². The number of halogens is 6. The number of para-hydroxylation sites is 1. The van der Waals surface area contributed by atoms with E-state index in [1.807, 2.05) is 77.7 Å². The summed E-state index contributed by atoms with van der Waals surface area (Å²) in [6.07, 6.45) is 25.1. The van der Waals surface area contributed by atoms with E-state index < -0.39 is 5.82 Å². The third-order valence-corrected chi connectivity index (χ3v) is 16.5. The molecule has 14 aromatic rings. The van der Waals surface area contributed by atoms with Crippen LogP contribution in [-0.4, -0.2) is 122 Å². The standard InChI is InChI=1S/C16H13ClN4O.C15H10ClFN4O.2C15H11ClN4O.C14H15ClN4O/c17-15-7-13(20-10-21-15)12-6-14(18-9-12)16(22)19-8-11-4-2-1-3-5-11;16-14-5-11(12(17)8-20-14)9-4-13(19-6-9)15(22)21-10-2-1-3-18-7-10;16-14-8-10(1-6-18-14)11-7-13(19-9-11)15(21)20-12-2-4-17-5-3-12;16-14-7-12(18-9-19-14)10-6-13(17-8-10)15(21)20-11-4-2-1-3-5-11;15-13-7-11(17-9-18-13)10-6-12(16-8-10)14(20)19-4-2-1-3-5-19/h1-7,9-10,18H,8H2,(H,19,22);1-8,19H,(H,21,22);1-9,19H,(H,17,20,21);1-9,17H,(H,20,21);6-9,16H,1-5H2. The lowest BCUT2D eigenvalue weighted by Crippen LogP contribution is -2.35. The Bertz CT molecular complexity index is 5140. The molecule has 0 unspecified atom stereocenters. The number of carbonyl (C=O) groups is 5. The van der Waals surface area contributed by atoms with Crippen molar-refractivity contribution in [2.45, 2.75) is 25.8 Å². The highest BCUT2D eigenvalue weighted by molar-refractivity contribution is 6.31. The minimum atomic E-state index is -0.511. The zero-order valence-corrected chi connectivity index (χ0v) is 59.3. The number of nitrogens with one attached hydrogen (secondary N) is 9. The van der Waals surface area contributed by atoms with E-state index >= 15 is 0 Å². The third-order valence-electron chi connectivity index (χ3n) is 15.4. The van der Waals surface area contributed by atoms with Crippen molar-refractivity contribution in [3.63, 3.8) is 0 Å².